The molecule has 3 heterocycles. The average molecular weight is 271 g/mol. The van der Waals surface area contributed by atoms with E-state index in [-0.39, 0.29) is 18.1 Å². The van der Waals surface area contributed by atoms with E-state index in [1.54, 1.807) is 0 Å². The van der Waals surface area contributed by atoms with Crippen LogP contribution in [0.3, 0.4) is 0 Å². The second-order valence-corrected chi connectivity index (χ2v) is 5.06. The third-order valence-electron chi connectivity index (χ3n) is 3.62. The van der Waals surface area contributed by atoms with E-state index in [9.17, 15) is 14.7 Å². The van der Waals surface area contributed by atoms with Crippen LogP contribution in [0.15, 0.2) is 12.4 Å². The van der Waals surface area contributed by atoms with Crippen LogP contribution in [0.1, 0.15) is 17.6 Å². The second-order valence-electron chi connectivity index (χ2n) is 4.62. The van der Waals surface area contributed by atoms with Crippen LogP contribution in [0.5, 0.6) is 0 Å². The summed E-state index contributed by atoms with van der Waals surface area (Å²) in [5.74, 6) is -2.79. The van der Waals surface area contributed by atoms with Crippen LogP contribution in [0.2, 0.25) is 5.02 Å². The third-order valence-corrected chi connectivity index (χ3v) is 3.82. The number of aliphatic carboxylic acids is 1. The lowest BCUT2D eigenvalue weighted by Crippen LogP contribution is -2.40. The van der Waals surface area contributed by atoms with Gasteiger partial charge in [0, 0.05) is 0 Å². The Morgan fingerprint density at radius 3 is 2.61 bits per heavy atom. The van der Waals surface area contributed by atoms with Crippen molar-refractivity contribution < 1.29 is 19.4 Å². The molecule has 2 bridgehead atoms. The van der Waals surface area contributed by atoms with Crippen molar-refractivity contribution in [3.05, 3.63) is 17.4 Å². The SMILES string of the molecule is O=C(O)[C@@H]1[C@H](C(=O)n2cc(Cl)cn2)[C@H]2CC[C@H]1O2. The number of carboxylic acid groups (broad SMARTS) is 1. The van der Waals surface area contributed by atoms with Gasteiger partial charge in [-0.25, -0.2) is 4.68 Å². The van der Waals surface area contributed by atoms with Gasteiger partial charge in [0.15, 0.2) is 0 Å². The van der Waals surface area contributed by atoms with Crippen LogP contribution < -0.4 is 0 Å². The molecule has 18 heavy (non-hydrogen) atoms. The lowest BCUT2D eigenvalue weighted by atomic mass is 9.79. The summed E-state index contributed by atoms with van der Waals surface area (Å²) in [6.45, 7) is 0. The summed E-state index contributed by atoms with van der Waals surface area (Å²) in [4.78, 5) is 23.5. The highest BCUT2D eigenvalue weighted by Gasteiger charge is 2.56. The number of carbonyl (C=O) groups is 2. The summed E-state index contributed by atoms with van der Waals surface area (Å²) < 4.78 is 6.64. The van der Waals surface area contributed by atoms with Gasteiger partial charge in [-0.2, -0.15) is 5.10 Å². The summed E-state index contributed by atoms with van der Waals surface area (Å²) in [5, 5.41) is 13.4. The van der Waals surface area contributed by atoms with Crippen LogP contribution in [-0.4, -0.2) is 39.0 Å². The Labute approximate surface area is 107 Å². The van der Waals surface area contributed by atoms with Gasteiger partial charge in [-0.05, 0) is 12.8 Å². The molecule has 0 saturated carbocycles. The van der Waals surface area contributed by atoms with Gasteiger partial charge in [-0.1, -0.05) is 11.6 Å². The number of carboxylic acids is 1. The van der Waals surface area contributed by atoms with Crippen LogP contribution in [0, 0.1) is 11.8 Å². The standard InChI is InChI=1S/C11H11ClN2O4/c12-5-3-13-14(4-5)10(15)8-6-1-2-7(18-6)9(8)11(16)17/h3-4,6-9H,1-2H2,(H,16,17)/t6-,7-,8-,9+/m1/s1. The molecule has 7 heteroatoms. The Morgan fingerprint density at radius 2 is 2.06 bits per heavy atom. The fourth-order valence-corrected chi connectivity index (χ4v) is 3.02. The van der Waals surface area contributed by atoms with E-state index < -0.39 is 17.8 Å². The van der Waals surface area contributed by atoms with Crippen LogP contribution in [-0.2, 0) is 9.53 Å². The predicted octanol–water partition coefficient (Wildman–Crippen LogP) is 1.05. The van der Waals surface area contributed by atoms with E-state index in [2.05, 4.69) is 5.10 Å². The molecule has 0 spiro atoms. The maximum atomic E-state index is 12.3. The summed E-state index contributed by atoms with van der Waals surface area (Å²) in [6.07, 6.45) is 3.49. The zero-order chi connectivity index (χ0) is 12.9. The van der Waals surface area contributed by atoms with E-state index in [1.807, 2.05) is 0 Å². The van der Waals surface area contributed by atoms with Crippen molar-refractivity contribution in [1.82, 2.24) is 9.78 Å². The van der Waals surface area contributed by atoms with E-state index in [1.165, 1.54) is 12.4 Å². The Kier molecular flexibility index (Phi) is 2.64. The number of ether oxygens (including phenoxy) is 1. The maximum absolute atomic E-state index is 12.3. The molecule has 0 aromatic carbocycles. The number of aromatic nitrogens is 2. The van der Waals surface area contributed by atoms with Crippen molar-refractivity contribution in [3.63, 3.8) is 0 Å². The minimum absolute atomic E-state index is 0.313. The monoisotopic (exact) mass is 270 g/mol. The number of nitrogens with zero attached hydrogens (tertiary/aromatic N) is 2. The molecule has 0 radical (unpaired) electrons. The van der Waals surface area contributed by atoms with E-state index >= 15 is 0 Å². The molecule has 96 valence electrons. The molecular formula is C11H11ClN2O4. The molecule has 4 atom stereocenters. The molecule has 1 N–H and O–H groups in total. The summed E-state index contributed by atoms with van der Waals surface area (Å²) in [6, 6.07) is 0. The van der Waals surface area contributed by atoms with Gasteiger partial charge in [0.05, 0.1) is 41.5 Å². The lowest BCUT2D eigenvalue weighted by molar-refractivity contribution is -0.144. The van der Waals surface area contributed by atoms with E-state index in [0.717, 1.165) is 11.1 Å². The van der Waals surface area contributed by atoms with Gasteiger partial charge < -0.3 is 9.84 Å². The smallest absolute Gasteiger partial charge is 0.310 e. The first-order valence-electron chi connectivity index (χ1n) is 5.70. The minimum atomic E-state index is -0.987. The first-order valence-corrected chi connectivity index (χ1v) is 6.08. The molecule has 3 rings (SSSR count). The first kappa shape index (κ1) is 11.7. The Bertz CT molecular complexity index is 515. The lowest BCUT2D eigenvalue weighted by Gasteiger charge is -2.23. The molecule has 2 saturated heterocycles. The normalized spacial score (nSPS) is 33.8. The highest BCUT2D eigenvalue weighted by Crippen LogP contribution is 2.44. The Balaban J connectivity index is 1.91. The summed E-state index contributed by atoms with van der Waals surface area (Å²) >= 11 is 5.71. The van der Waals surface area contributed by atoms with Crippen LogP contribution >= 0.6 is 11.6 Å². The number of hydrogen-bond acceptors (Lipinski definition) is 4. The zero-order valence-electron chi connectivity index (χ0n) is 9.32. The molecule has 0 unspecified atom stereocenters. The van der Waals surface area contributed by atoms with Gasteiger partial charge in [-0.3, -0.25) is 9.59 Å². The van der Waals surface area contributed by atoms with Crippen molar-refractivity contribution in [1.29, 1.82) is 0 Å². The Hall–Kier alpha value is -1.40. The van der Waals surface area contributed by atoms with Crippen molar-refractivity contribution in [2.24, 2.45) is 11.8 Å². The topological polar surface area (TPSA) is 81.4 Å². The third kappa shape index (κ3) is 1.64. The number of halogens is 1. The van der Waals surface area contributed by atoms with Crippen molar-refractivity contribution in [3.8, 4) is 0 Å². The van der Waals surface area contributed by atoms with E-state index in [0.29, 0.717) is 11.4 Å². The van der Waals surface area contributed by atoms with Crippen LogP contribution in [0.25, 0.3) is 0 Å². The highest BCUT2D eigenvalue weighted by atomic mass is 35.5. The van der Waals surface area contributed by atoms with Crippen molar-refractivity contribution in [2.75, 3.05) is 0 Å². The molecule has 2 fully saturated rings. The molecule has 1 aromatic heterocycles. The average Bonchev–Trinajstić information content (AvgIpc) is 3.01. The molecule has 6 nitrogen and oxygen atoms in total. The molecule has 2 aliphatic rings. The highest BCUT2D eigenvalue weighted by molar-refractivity contribution is 6.30. The largest absolute Gasteiger partial charge is 0.481 e. The van der Waals surface area contributed by atoms with Gasteiger partial charge in [0.1, 0.15) is 0 Å². The van der Waals surface area contributed by atoms with Crippen LogP contribution in [0.4, 0.5) is 0 Å². The quantitative estimate of drug-likeness (QED) is 0.869. The molecule has 2 aliphatic heterocycles. The fraction of sp³-hybridized carbons (Fsp3) is 0.545. The van der Waals surface area contributed by atoms with E-state index in [4.69, 9.17) is 16.3 Å². The predicted molar refractivity (Wildman–Crippen MR) is 60.4 cm³/mol. The number of hydrogen-bond donors (Lipinski definition) is 1. The minimum Gasteiger partial charge on any atom is -0.481 e. The van der Waals surface area contributed by atoms with Crippen molar-refractivity contribution in [2.45, 2.75) is 25.0 Å². The number of rotatable bonds is 2. The van der Waals surface area contributed by atoms with Gasteiger partial charge in [0.2, 0.25) is 0 Å². The van der Waals surface area contributed by atoms with Gasteiger partial charge in [-0.15, -0.1) is 0 Å². The first-order chi connectivity index (χ1) is 8.58. The number of carbonyl (C=O) groups excluding carboxylic acids is 1. The zero-order valence-corrected chi connectivity index (χ0v) is 10.1. The second kappa shape index (κ2) is 4.07. The molecule has 0 amide bonds. The Morgan fingerprint density at radius 1 is 1.39 bits per heavy atom. The molecule has 1 aromatic rings. The van der Waals surface area contributed by atoms with Gasteiger partial charge in [0.25, 0.3) is 5.91 Å². The fourth-order valence-electron chi connectivity index (χ4n) is 2.88. The van der Waals surface area contributed by atoms with Gasteiger partial charge >= 0.3 is 5.97 Å². The summed E-state index contributed by atoms with van der Waals surface area (Å²) in [5.41, 5.74) is 0. The maximum Gasteiger partial charge on any atom is 0.310 e. The molecule has 0 aliphatic carbocycles. The molecular weight excluding hydrogens is 260 g/mol. The summed E-state index contributed by atoms with van der Waals surface area (Å²) in [7, 11) is 0. The number of fused-ring (bicyclic) bond motifs is 2. The van der Waals surface area contributed by atoms with Crippen molar-refractivity contribution >= 4 is 23.5 Å².